The van der Waals surface area contributed by atoms with Crippen LogP contribution in [0.25, 0.3) is 10.9 Å². The smallest absolute Gasteiger partial charge is 0.251 e. The fourth-order valence-corrected chi connectivity index (χ4v) is 5.04. The minimum absolute atomic E-state index is 0.182. The van der Waals surface area contributed by atoms with Crippen molar-refractivity contribution in [2.45, 2.75) is 44.9 Å². The SMILES string of the molecule is Cc1sc(NC(=O)C(C)Sc2cc(C)c3cccc(C)c3n2)c(C(N)=O)c1C. The van der Waals surface area contributed by atoms with Crippen molar-refractivity contribution in [3.05, 3.63) is 51.4 Å². The van der Waals surface area contributed by atoms with Crippen molar-refractivity contribution in [1.82, 2.24) is 4.98 Å². The fourth-order valence-electron chi connectivity index (χ4n) is 3.05. The van der Waals surface area contributed by atoms with Crippen LogP contribution in [0.3, 0.4) is 0 Å². The first-order chi connectivity index (χ1) is 13.2. The maximum atomic E-state index is 12.7. The molecule has 0 aliphatic carbocycles. The molecule has 0 aliphatic rings. The summed E-state index contributed by atoms with van der Waals surface area (Å²) < 4.78 is 0. The number of thioether (sulfide) groups is 1. The van der Waals surface area contributed by atoms with Crippen LogP contribution in [0, 0.1) is 27.7 Å². The molecule has 0 saturated carbocycles. The number of hydrogen-bond acceptors (Lipinski definition) is 5. The minimum Gasteiger partial charge on any atom is -0.365 e. The number of carbonyl (C=O) groups is 2. The molecule has 7 heteroatoms. The number of carbonyl (C=O) groups excluding carboxylic acids is 2. The van der Waals surface area contributed by atoms with Gasteiger partial charge in [0.1, 0.15) is 5.00 Å². The third-order valence-electron chi connectivity index (χ3n) is 4.76. The molecule has 28 heavy (non-hydrogen) atoms. The van der Waals surface area contributed by atoms with Crippen molar-refractivity contribution in [3.63, 3.8) is 0 Å². The Hall–Kier alpha value is -2.38. The topological polar surface area (TPSA) is 85.1 Å². The number of anilines is 1. The summed E-state index contributed by atoms with van der Waals surface area (Å²) in [7, 11) is 0. The summed E-state index contributed by atoms with van der Waals surface area (Å²) in [5.41, 5.74) is 9.89. The Labute approximate surface area is 172 Å². The molecule has 146 valence electrons. The second kappa shape index (κ2) is 7.93. The van der Waals surface area contributed by atoms with Gasteiger partial charge < -0.3 is 11.1 Å². The number of pyridine rings is 1. The van der Waals surface area contributed by atoms with E-state index in [1.165, 1.54) is 23.1 Å². The summed E-state index contributed by atoms with van der Waals surface area (Å²) in [6, 6.07) is 8.12. The fraction of sp³-hybridized carbons (Fsp3) is 0.286. The van der Waals surface area contributed by atoms with Gasteiger partial charge in [-0.05, 0) is 57.4 Å². The number of primary amides is 1. The number of fused-ring (bicyclic) bond motifs is 1. The Balaban J connectivity index is 1.82. The van der Waals surface area contributed by atoms with E-state index in [-0.39, 0.29) is 11.2 Å². The highest BCUT2D eigenvalue weighted by Crippen LogP contribution is 2.33. The summed E-state index contributed by atoms with van der Waals surface area (Å²) in [6.07, 6.45) is 0. The molecule has 0 aliphatic heterocycles. The Morgan fingerprint density at radius 1 is 1.18 bits per heavy atom. The van der Waals surface area contributed by atoms with E-state index in [9.17, 15) is 9.59 Å². The van der Waals surface area contributed by atoms with Crippen molar-refractivity contribution in [1.29, 1.82) is 0 Å². The van der Waals surface area contributed by atoms with E-state index in [2.05, 4.69) is 18.3 Å². The lowest BCUT2D eigenvalue weighted by molar-refractivity contribution is -0.115. The quantitative estimate of drug-likeness (QED) is 0.591. The Bertz CT molecular complexity index is 1090. The molecule has 1 unspecified atom stereocenters. The van der Waals surface area contributed by atoms with Crippen LogP contribution in [-0.4, -0.2) is 22.0 Å². The van der Waals surface area contributed by atoms with Gasteiger partial charge in [-0.2, -0.15) is 0 Å². The van der Waals surface area contributed by atoms with Crippen LogP contribution >= 0.6 is 23.1 Å². The number of benzene rings is 1. The lowest BCUT2D eigenvalue weighted by atomic mass is 10.1. The Morgan fingerprint density at radius 3 is 2.57 bits per heavy atom. The normalized spacial score (nSPS) is 12.2. The highest BCUT2D eigenvalue weighted by atomic mass is 32.2. The number of rotatable bonds is 5. The van der Waals surface area contributed by atoms with Crippen molar-refractivity contribution < 1.29 is 9.59 Å². The van der Waals surface area contributed by atoms with Gasteiger partial charge in [0.25, 0.3) is 5.91 Å². The highest BCUT2D eigenvalue weighted by Gasteiger charge is 2.22. The molecule has 0 radical (unpaired) electrons. The monoisotopic (exact) mass is 413 g/mol. The van der Waals surface area contributed by atoms with Crippen LogP contribution in [0.15, 0.2) is 29.3 Å². The van der Waals surface area contributed by atoms with Crippen LogP contribution in [0.2, 0.25) is 0 Å². The second-order valence-corrected chi connectivity index (χ2v) is 9.44. The van der Waals surface area contributed by atoms with Gasteiger partial charge in [-0.25, -0.2) is 4.98 Å². The molecule has 0 fully saturated rings. The van der Waals surface area contributed by atoms with Crippen molar-refractivity contribution >= 4 is 50.8 Å². The average molecular weight is 414 g/mol. The largest absolute Gasteiger partial charge is 0.365 e. The van der Waals surface area contributed by atoms with E-state index in [1.54, 1.807) is 0 Å². The number of nitrogens with two attached hydrogens (primary N) is 1. The van der Waals surface area contributed by atoms with Crippen molar-refractivity contribution in [2.75, 3.05) is 5.32 Å². The van der Waals surface area contributed by atoms with E-state index in [4.69, 9.17) is 10.7 Å². The molecule has 3 rings (SSSR count). The average Bonchev–Trinajstić information content (AvgIpc) is 2.89. The van der Waals surface area contributed by atoms with Crippen LogP contribution in [0.5, 0.6) is 0 Å². The zero-order valence-electron chi connectivity index (χ0n) is 16.5. The third-order valence-corrected chi connectivity index (χ3v) is 6.90. The van der Waals surface area contributed by atoms with Crippen LogP contribution in [0.1, 0.15) is 38.8 Å². The standard InChI is InChI=1S/C21H23N3O2S2/c1-10-7-6-8-15-11(2)9-16(23-18(10)15)27-14(5)20(26)24-21-17(19(22)25)12(3)13(4)28-21/h6-9,14H,1-5H3,(H2,22,25)(H,24,26). The summed E-state index contributed by atoms with van der Waals surface area (Å²) in [4.78, 5) is 30.2. The van der Waals surface area contributed by atoms with Crippen LogP contribution in [-0.2, 0) is 4.79 Å². The summed E-state index contributed by atoms with van der Waals surface area (Å²) in [6.45, 7) is 9.66. The van der Waals surface area contributed by atoms with E-state index in [1.807, 2.05) is 45.9 Å². The molecule has 0 bridgehead atoms. The molecule has 3 N–H and O–H groups in total. The lowest BCUT2D eigenvalue weighted by Crippen LogP contribution is -2.24. The number of thiophene rings is 1. The maximum Gasteiger partial charge on any atom is 0.251 e. The first-order valence-electron chi connectivity index (χ1n) is 8.93. The number of nitrogens with zero attached hydrogens (tertiary/aromatic N) is 1. The number of nitrogens with one attached hydrogen (secondary N) is 1. The van der Waals surface area contributed by atoms with E-state index >= 15 is 0 Å². The molecule has 2 heterocycles. The summed E-state index contributed by atoms with van der Waals surface area (Å²) >= 11 is 2.77. The second-order valence-electron chi connectivity index (χ2n) is 6.85. The van der Waals surface area contributed by atoms with Gasteiger partial charge in [0.15, 0.2) is 0 Å². The van der Waals surface area contributed by atoms with Gasteiger partial charge >= 0.3 is 0 Å². The predicted molar refractivity (Wildman–Crippen MR) is 117 cm³/mol. The molecule has 0 spiro atoms. The molecule has 2 amide bonds. The van der Waals surface area contributed by atoms with Crippen LogP contribution < -0.4 is 11.1 Å². The number of hydrogen-bond donors (Lipinski definition) is 2. The van der Waals surface area contributed by atoms with Crippen LogP contribution in [0.4, 0.5) is 5.00 Å². The lowest BCUT2D eigenvalue weighted by Gasteiger charge is -2.13. The highest BCUT2D eigenvalue weighted by molar-refractivity contribution is 8.00. The molecule has 5 nitrogen and oxygen atoms in total. The first-order valence-corrected chi connectivity index (χ1v) is 10.6. The number of aromatic nitrogens is 1. The zero-order valence-corrected chi connectivity index (χ0v) is 18.2. The number of para-hydroxylation sites is 1. The van der Waals surface area contributed by atoms with E-state index < -0.39 is 5.91 Å². The van der Waals surface area contributed by atoms with Crippen molar-refractivity contribution in [3.8, 4) is 0 Å². The zero-order chi connectivity index (χ0) is 20.6. The molecular formula is C21H23N3O2S2. The molecule has 0 saturated heterocycles. The molecule has 1 atom stereocenters. The van der Waals surface area contributed by atoms with Gasteiger partial charge in [0, 0.05) is 10.3 Å². The van der Waals surface area contributed by atoms with Crippen molar-refractivity contribution in [2.24, 2.45) is 5.73 Å². The third kappa shape index (κ3) is 3.91. The summed E-state index contributed by atoms with van der Waals surface area (Å²) in [5, 5.41) is 4.93. The van der Waals surface area contributed by atoms with Gasteiger partial charge in [0.05, 0.1) is 21.4 Å². The molecule has 3 aromatic rings. The molecular weight excluding hydrogens is 390 g/mol. The first kappa shape index (κ1) is 20.4. The van der Waals surface area contributed by atoms with Gasteiger partial charge in [-0.1, -0.05) is 30.0 Å². The molecule has 2 aromatic heterocycles. The maximum absolute atomic E-state index is 12.7. The Morgan fingerprint density at radius 2 is 1.89 bits per heavy atom. The van der Waals surface area contributed by atoms with E-state index in [0.29, 0.717) is 10.6 Å². The minimum atomic E-state index is -0.528. The van der Waals surface area contributed by atoms with E-state index in [0.717, 1.165) is 37.5 Å². The molecule has 1 aromatic carbocycles. The van der Waals surface area contributed by atoms with Gasteiger partial charge in [-0.15, -0.1) is 11.3 Å². The predicted octanol–water partition coefficient (Wildman–Crippen LogP) is 4.75. The summed E-state index contributed by atoms with van der Waals surface area (Å²) in [5.74, 6) is -0.710. The number of aryl methyl sites for hydroxylation is 3. The van der Waals surface area contributed by atoms with Gasteiger partial charge in [0.2, 0.25) is 5.91 Å². The van der Waals surface area contributed by atoms with Gasteiger partial charge in [-0.3, -0.25) is 9.59 Å². The Kier molecular flexibility index (Phi) is 5.76. The number of amides is 2.